The highest BCUT2D eigenvalue weighted by Gasteiger charge is 2.37. The van der Waals surface area contributed by atoms with E-state index < -0.39 is 0 Å². The van der Waals surface area contributed by atoms with Crippen LogP contribution in [0.5, 0.6) is 0 Å². The Kier molecular flexibility index (Phi) is 8.58. The van der Waals surface area contributed by atoms with Gasteiger partial charge in [-0.3, -0.25) is 4.99 Å². The molecule has 152 valence electrons. The summed E-state index contributed by atoms with van der Waals surface area (Å²) in [5.74, 6) is 2.13. The molecule has 0 radical (unpaired) electrons. The number of halogens is 2. The number of hydrogen-bond acceptors (Lipinski definition) is 3. The van der Waals surface area contributed by atoms with Crippen molar-refractivity contribution in [1.29, 1.82) is 0 Å². The third-order valence-electron chi connectivity index (χ3n) is 5.42. The highest BCUT2D eigenvalue weighted by atomic mass is 127. The number of guanidine groups is 1. The van der Waals surface area contributed by atoms with Crippen molar-refractivity contribution in [2.45, 2.75) is 36.9 Å². The topological polar surface area (TPSA) is 36.9 Å². The van der Waals surface area contributed by atoms with E-state index in [1.807, 2.05) is 30.9 Å². The Morgan fingerprint density at radius 1 is 1.30 bits per heavy atom. The first-order chi connectivity index (χ1) is 12.5. The van der Waals surface area contributed by atoms with Crippen molar-refractivity contribution in [2.24, 2.45) is 4.99 Å². The molecule has 27 heavy (non-hydrogen) atoms. The molecule has 7 heteroatoms. The van der Waals surface area contributed by atoms with Gasteiger partial charge in [0.2, 0.25) is 0 Å². The van der Waals surface area contributed by atoms with E-state index in [1.54, 1.807) is 0 Å². The first-order valence-corrected chi connectivity index (χ1v) is 10.7. The number of rotatable bonds is 3. The molecule has 0 aliphatic carbocycles. The zero-order chi connectivity index (χ0) is 18.6. The number of aliphatic imine (C=N–C) groups is 1. The lowest BCUT2D eigenvalue weighted by molar-refractivity contribution is 0.0512. The van der Waals surface area contributed by atoms with Crippen LogP contribution in [0.2, 0.25) is 5.02 Å². The van der Waals surface area contributed by atoms with E-state index in [0.29, 0.717) is 0 Å². The van der Waals surface area contributed by atoms with Gasteiger partial charge in [-0.15, -0.1) is 24.0 Å². The molecule has 0 unspecified atom stereocenters. The van der Waals surface area contributed by atoms with Crippen LogP contribution in [-0.2, 0) is 10.2 Å². The number of thioether (sulfide) groups is 1. The van der Waals surface area contributed by atoms with E-state index in [9.17, 15) is 0 Å². The van der Waals surface area contributed by atoms with E-state index >= 15 is 0 Å². The SMILES string of the molecule is CN=C(NCC1(c2ccccc2Cl)CCOCC1)N1CCSC(C)(C)C1.I. The molecule has 0 spiro atoms. The van der Waals surface area contributed by atoms with Crippen LogP contribution in [0.4, 0.5) is 0 Å². The second-order valence-electron chi connectivity index (χ2n) is 7.80. The van der Waals surface area contributed by atoms with Crippen LogP contribution in [0.3, 0.4) is 0 Å². The van der Waals surface area contributed by atoms with Gasteiger partial charge >= 0.3 is 0 Å². The largest absolute Gasteiger partial charge is 0.381 e. The van der Waals surface area contributed by atoms with Gasteiger partial charge in [0.25, 0.3) is 0 Å². The van der Waals surface area contributed by atoms with Gasteiger partial charge in [0.05, 0.1) is 0 Å². The van der Waals surface area contributed by atoms with Gasteiger partial charge in [-0.05, 0) is 38.3 Å². The third-order valence-corrected chi connectivity index (χ3v) is 7.04. The number of ether oxygens (including phenoxy) is 1. The van der Waals surface area contributed by atoms with Crippen molar-refractivity contribution in [3.05, 3.63) is 34.9 Å². The van der Waals surface area contributed by atoms with Gasteiger partial charge < -0.3 is 15.0 Å². The lowest BCUT2D eigenvalue weighted by atomic mass is 9.74. The molecule has 3 rings (SSSR count). The summed E-state index contributed by atoms with van der Waals surface area (Å²) in [7, 11) is 1.88. The molecule has 2 saturated heterocycles. The Balaban J connectivity index is 0.00000261. The van der Waals surface area contributed by atoms with Crippen molar-refractivity contribution >= 4 is 53.3 Å². The summed E-state index contributed by atoms with van der Waals surface area (Å²) in [6.45, 7) is 9.05. The highest BCUT2D eigenvalue weighted by Crippen LogP contribution is 2.38. The number of benzene rings is 1. The van der Waals surface area contributed by atoms with Crippen molar-refractivity contribution in [2.75, 3.05) is 45.6 Å². The molecule has 0 atom stereocenters. The number of nitrogens with one attached hydrogen (secondary N) is 1. The molecule has 1 aromatic carbocycles. The summed E-state index contributed by atoms with van der Waals surface area (Å²) >= 11 is 8.61. The van der Waals surface area contributed by atoms with Crippen LogP contribution < -0.4 is 5.32 Å². The van der Waals surface area contributed by atoms with Crippen molar-refractivity contribution in [3.63, 3.8) is 0 Å². The predicted molar refractivity (Wildman–Crippen MR) is 128 cm³/mol. The van der Waals surface area contributed by atoms with Gasteiger partial charge in [-0.1, -0.05) is 29.8 Å². The number of nitrogens with zero attached hydrogens (tertiary/aromatic N) is 2. The molecule has 0 saturated carbocycles. The van der Waals surface area contributed by atoms with E-state index in [2.05, 4.69) is 41.2 Å². The minimum atomic E-state index is -0.00735. The molecule has 2 aliphatic rings. The zero-order valence-corrected chi connectivity index (χ0v) is 20.4. The Bertz CT molecular complexity index is 650. The second kappa shape index (κ2) is 10.0. The smallest absolute Gasteiger partial charge is 0.193 e. The molecule has 0 bridgehead atoms. The van der Waals surface area contributed by atoms with E-state index in [1.165, 1.54) is 5.56 Å². The third kappa shape index (κ3) is 5.67. The Hall–Kier alpha value is -0.180. The molecule has 0 amide bonds. The Morgan fingerprint density at radius 3 is 2.63 bits per heavy atom. The fourth-order valence-corrected chi connectivity index (χ4v) is 5.42. The van der Waals surface area contributed by atoms with Crippen LogP contribution in [0.15, 0.2) is 29.3 Å². The van der Waals surface area contributed by atoms with Gasteiger partial charge in [-0.25, -0.2) is 0 Å². The van der Waals surface area contributed by atoms with Crippen LogP contribution in [-0.4, -0.2) is 61.3 Å². The van der Waals surface area contributed by atoms with E-state index in [0.717, 1.165) is 62.4 Å². The summed E-state index contributed by atoms with van der Waals surface area (Å²) < 4.78 is 5.91. The molecule has 1 N–H and O–H groups in total. The van der Waals surface area contributed by atoms with E-state index in [-0.39, 0.29) is 34.1 Å². The maximum absolute atomic E-state index is 6.57. The summed E-state index contributed by atoms with van der Waals surface area (Å²) in [4.78, 5) is 6.95. The maximum atomic E-state index is 6.57. The van der Waals surface area contributed by atoms with Crippen molar-refractivity contribution < 1.29 is 4.74 Å². The summed E-state index contributed by atoms with van der Waals surface area (Å²) in [5.41, 5.74) is 1.22. The van der Waals surface area contributed by atoms with E-state index in [4.69, 9.17) is 16.3 Å². The van der Waals surface area contributed by atoms with Crippen LogP contribution >= 0.6 is 47.3 Å². The molecule has 0 aromatic heterocycles. The second-order valence-corrected chi connectivity index (χ2v) is 10.0. The lowest BCUT2D eigenvalue weighted by Crippen LogP contribution is -2.54. The molecule has 2 aliphatic heterocycles. The zero-order valence-electron chi connectivity index (χ0n) is 16.5. The number of hydrogen-bond donors (Lipinski definition) is 1. The Morgan fingerprint density at radius 2 is 2.00 bits per heavy atom. The minimum Gasteiger partial charge on any atom is -0.381 e. The molecule has 2 heterocycles. The predicted octanol–water partition coefficient (Wildman–Crippen LogP) is 4.41. The fraction of sp³-hybridized carbons (Fsp3) is 0.650. The maximum Gasteiger partial charge on any atom is 0.193 e. The normalized spacial score (nSPS) is 22.1. The fourth-order valence-electron chi connectivity index (χ4n) is 3.97. The van der Waals surface area contributed by atoms with Gasteiger partial charge in [0.15, 0.2) is 5.96 Å². The quantitative estimate of drug-likeness (QED) is 0.362. The van der Waals surface area contributed by atoms with Crippen molar-refractivity contribution in [3.8, 4) is 0 Å². The lowest BCUT2D eigenvalue weighted by Gasteiger charge is -2.42. The van der Waals surface area contributed by atoms with Gasteiger partial charge in [0.1, 0.15) is 0 Å². The van der Waals surface area contributed by atoms with Crippen LogP contribution in [0, 0.1) is 0 Å². The summed E-state index contributed by atoms with van der Waals surface area (Å²) in [6.07, 6.45) is 1.95. The van der Waals surface area contributed by atoms with Crippen molar-refractivity contribution in [1.82, 2.24) is 10.2 Å². The monoisotopic (exact) mass is 523 g/mol. The van der Waals surface area contributed by atoms with Crippen LogP contribution in [0.1, 0.15) is 32.3 Å². The van der Waals surface area contributed by atoms with Crippen LogP contribution in [0.25, 0.3) is 0 Å². The first-order valence-electron chi connectivity index (χ1n) is 9.38. The average molecular weight is 524 g/mol. The minimum absolute atomic E-state index is 0. The van der Waals surface area contributed by atoms with Gasteiger partial charge in [0, 0.05) is 60.8 Å². The first kappa shape index (κ1) is 23.1. The molecular formula is C20H31ClIN3OS. The Labute approximate surface area is 189 Å². The molecular weight excluding hydrogens is 493 g/mol. The summed E-state index contributed by atoms with van der Waals surface area (Å²) in [5, 5.41) is 4.51. The molecule has 1 aromatic rings. The highest BCUT2D eigenvalue weighted by molar-refractivity contribution is 14.0. The molecule has 2 fully saturated rings. The summed E-state index contributed by atoms with van der Waals surface area (Å²) in [6, 6.07) is 8.24. The standard InChI is InChI=1S/C20H30ClN3OS.HI/c1-19(2)15-24(10-13-26-19)18(22-3)23-14-20(8-11-25-12-9-20)16-6-4-5-7-17(16)21;/h4-7H,8-15H2,1-3H3,(H,22,23);1H. The van der Waals surface area contributed by atoms with Gasteiger partial charge in [-0.2, -0.15) is 11.8 Å². The average Bonchev–Trinajstić information content (AvgIpc) is 2.62. The molecule has 4 nitrogen and oxygen atoms in total.